The highest BCUT2D eigenvalue weighted by atomic mass is 32.2. The third-order valence-electron chi connectivity index (χ3n) is 6.27. The molecule has 2 aromatic rings. The number of amides is 2. The molecule has 3 atom stereocenters. The second-order valence-electron chi connectivity index (χ2n) is 9.17. The fourth-order valence-corrected chi connectivity index (χ4v) is 5.25. The van der Waals surface area contributed by atoms with Gasteiger partial charge in [0.05, 0.1) is 24.5 Å². The maximum Gasteiger partial charge on any atom is 0.362 e. The van der Waals surface area contributed by atoms with Crippen molar-refractivity contribution >= 4 is 50.3 Å². The molecule has 1 saturated heterocycles. The van der Waals surface area contributed by atoms with Gasteiger partial charge in [-0.2, -0.15) is 23.4 Å². The van der Waals surface area contributed by atoms with Crippen LogP contribution >= 0.6 is 11.3 Å². The largest absolute Gasteiger partial charge is 0.478 e. The summed E-state index contributed by atoms with van der Waals surface area (Å²) in [6, 6.07) is -2.95. The van der Waals surface area contributed by atoms with Crippen LogP contribution in [-0.4, -0.2) is 96.6 Å². The monoisotopic (exact) mass is 600 g/mol. The summed E-state index contributed by atoms with van der Waals surface area (Å²) in [7, 11) is -4.99. The number of aromatic nitrogens is 4. The molecule has 0 bridgehead atoms. The number of carbonyl (C=O) groups is 3. The van der Waals surface area contributed by atoms with Crippen LogP contribution in [0.3, 0.4) is 0 Å². The van der Waals surface area contributed by atoms with E-state index in [1.165, 1.54) is 11.6 Å². The molecule has 2 amide bonds. The van der Waals surface area contributed by atoms with Crippen LogP contribution in [0.25, 0.3) is 0 Å². The third-order valence-corrected chi connectivity index (χ3v) is 7.89. The molecule has 8 N–H and O–H groups in total. The molecule has 20 heteroatoms. The average molecular weight is 601 g/mol. The zero-order valence-corrected chi connectivity index (χ0v) is 22.8. The normalized spacial score (nSPS) is 21.0. The lowest BCUT2D eigenvalue weighted by Gasteiger charge is -2.43. The van der Waals surface area contributed by atoms with Crippen molar-refractivity contribution in [2.45, 2.75) is 56.5 Å². The number of β-lactam (4-membered cyclic amide) rings is 1. The van der Waals surface area contributed by atoms with Crippen molar-refractivity contribution in [1.82, 2.24) is 34.9 Å². The molecule has 2 aliphatic rings. The van der Waals surface area contributed by atoms with Crippen LogP contribution in [0.4, 0.5) is 5.13 Å². The molecule has 3 heterocycles. The molecule has 2 fully saturated rings. The second-order valence-corrected chi connectivity index (χ2v) is 11.4. The predicted molar refractivity (Wildman–Crippen MR) is 138 cm³/mol. The Morgan fingerprint density at radius 3 is 2.70 bits per heavy atom. The Labute approximate surface area is 231 Å². The lowest BCUT2D eigenvalue weighted by Crippen LogP contribution is -2.73. The van der Waals surface area contributed by atoms with Crippen LogP contribution < -0.4 is 22.1 Å². The highest BCUT2D eigenvalue weighted by Crippen LogP contribution is 2.40. The number of oxime groups is 1. The summed E-state index contributed by atoms with van der Waals surface area (Å²) >= 11 is 0.976. The molecular weight excluding hydrogens is 572 g/mol. The number of nitrogens with one attached hydrogen (secondary N) is 2. The van der Waals surface area contributed by atoms with Gasteiger partial charge in [0.2, 0.25) is 5.60 Å². The van der Waals surface area contributed by atoms with Gasteiger partial charge in [-0.1, -0.05) is 5.16 Å². The molecule has 1 aliphatic carbocycles. The standard InChI is InChI=1S/C20H28N10O8S2/c1-10(23-6-2-5-21)11-7-24-29(27-11)8-13-15(17(32)30(13)40(35,36)37)26-16(31)14(12-9-39-19(22)25-12)28-38-20(3-4-20)18(33)34/h7,9-10,13,15,23H,2-6,8,21H2,1H3,(H2,22,25)(H,26,31)(H,33,34)(H,35,36,37)/t10?,13-,15+/m1/s1. The first-order valence-corrected chi connectivity index (χ1v) is 14.3. The molecule has 0 radical (unpaired) electrons. The van der Waals surface area contributed by atoms with Crippen LogP contribution in [-0.2, 0) is 36.1 Å². The summed E-state index contributed by atoms with van der Waals surface area (Å²) in [6.45, 7) is 2.68. The first-order chi connectivity index (χ1) is 18.9. The number of carboxylic acid groups (broad SMARTS) is 1. The number of nitrogens with two attached hydrogens (primary N) is 2. The minimum Gasteiger partial charge on any atom is -0.478 e. The average Bonchev–Trinajstić information content (AvgIpc) is 3.32. The van der Waals surface area contributed by atoms with Crippen LogP contribution in [0.2, 0.25) is 0 Å². The van der Waals surface area contributed by atoms with Crippen LogP contribution in [0.5, 0.6) is 0 Å². The van der Waals surface area contributed by atoms with E-state index in [9.17, 15) is 32.5 Å². The summed E-state index contributed by atoms with van der Waals surface area (Å²) in [4.78, 5) is 47.6. The fraction of sp³-hybridized carbons (Fsp3) is 0.550. The van der Waals surface area contributed by atoms with E-state index in [-0.39, 0.29) is 40.6 Å². The second kappa shape index (κ2) is 11.4. The smallest absolute Gasteiger partial charge is 0.362 e. The number of carbonyl (C=O) groups excluding carboxylic acids is 2. The number of nitrogen functional groups attached to an aromatic ring is 1. The molecule has 0 spiro atoms. The first kappa shape index (κ1) is 29.3. The van der Waals surface area contributed by atoms with Gasteiger partial charge in [0.25, 0.3) is 11.8 Å². The minimum absolute atomic E-state index is 0.0503. The van der Waals surface area contributed by atoms with Crippen molar-refractivity contribution in [1.29, 1.82) is 0 Å². The van der Waals surface area contributed by atoms with E-state index < -0.39 is 51.5 Å². The van der Waals surface area contributed by atoms with Gasteiger partial charge in [0, 0.05) is 18.2 Å². The van der Waals surface area contributed by atoms with Crippen molar-refractivity contribution in [3.63, 3.8) is 0 Å². The zero-order valence-electron chi connectivity index (χ0n) is 21.1. The van der Waals surface area contributed by atoms with Crippen LogP contribution in [0.1, 0.15) is 43.6 Å². The Balaban J connectivity index is 1.53. The van der Waals surface area contributed by atoms with E-state index >= 15 is 0 Å². The molecular formula is C20H28N10O8S2. The van der Waals surface area contributed by atoms with Crippen molar-refractivity contribution in [3.8, 4) is 0 Å². The van der Waals surface area contributed by atoms with Crippen LogP contribution in [0, 0.1) is 0 Å². The van der Waals surface area contributed by atoms with Crippen molar-refractivity contribution in [2.75, 3.05) is 18.8 Å². The topological polar surface area (TPSA) is 270 Å². The Morgan fingerprint density at radius 1 is 1.40 bits per heavy atom. The van der Waals surface area contributed by atoms with Gasteiger partial charge < -0.3 is 32.0 Å². The highest BCUT2D eigenvalue weighted by Gasteiger charge is 2.56. The maximum absolute atomic E-state index is 13.2. The molecule has 40 heavy (non-hydrogen) atoms. The number of rotatable bonds is 14. The summed E-state index contributed by atoms with van der Waals surface area (Å²) < 4.78 is 33.7. The molecule has 2 aromatic heterocycles. The summed E-state index contributed by atoms with van der Waals surface area (Å²) in [5, 5.41) is 28.5. The van der Waals surface area contributed by atoms with Gasteiger partial charge >= 0.3 is 16.3 Å². The minimum atomic E-state index is -4.99. The third kappa shape index (κ3) is 6.20. The SMILES string of the molecule is CC(NCCCN)c1cnn(C[C@@H]2[C@H](NC(=O)C(=NOC3(C(=O)O)CC3)c3csc(N)n3)C(=O)N2S(=O)(=O)O)n1. The predicted octanol–water partition coefficient (Wildman–Crippen LogP) is -2.15. The lowest BCUT2D eigenvalue weighted by molar-refractivity contribution is -0.153. The van der Waals surface area contributed by atoms with Crippen LogP contribution in [0.15, 0.2) is 16.7 Å². The summed E-state index contributed by atoms with van der Waals surface area (Å²) in [5.41, 5.74) is 9.57. The lowest BCUT2D eigenvalue weighted by atomic mass is 9.98. The van der Waals surface area contributed by atoms with Gasteiger partial charge in [-0.15, -0.1) is 11.3 Å². The summed E-state index contributed by atoms with van der Waals surface area (Å²) in [5.74, 6) is -3.40. The van der Waals surface area contributed by atoms with Crippen molar-refractivity contribution in [2.24, 2.45) is 10.9 Å². The highest BCUT2D eigenvalue weighted by molar-refractivity contribution is 7.84. The van der Waals surface area contributed by atoms with Crippen molar-refractivity contribution in [3.05, 3.63) is 23.0 Å². The van der Waals surface area contributed by atoms with E-state index in [4.69, 9.17) is 16.3 Å². The number of aliphatic carboxylic acids is 1. The zero-order chi connectivity index (χ0) is 29.2. The Kier molecular flexibility index (Phi) is 8.35. The molecule has 4 rings (SSSR count). The van der Waals surface area contributed by atoms with E-state index in [0.717, 1.165) is 22.6 Å². The van der Waals surface area contributed by atoms with Gasteiger partial charge in [-0.25, -0.2) is 14.1 Å². The van der Waals surface area contributed by atoms with Gasteiger partial charge in [-0.3, -0.25) is 14.1 Å². The van der Waals surface area contributed by atoms with E-state index in [1.807, 2.05) is 6.92 Å². The van der Waals surface area contributed by atoms with E-state index in [1.54, 1.807) is 0 Å². The number of nitrogens with zero attached hydrogens (tertiary/aromatic N) is 6. The Hall–Kier alpha value is -3.72. The van der Waals surface area contributed by atoms with Gasteiger partial charge in [-0.05, 0) is 26.4 Å². The molecule has 1 saturated carbocycles. The molecule has 18 nitrogen and oxygen atoms in total. The van der Waals surface area contributed by atoms with Gasteiger partial charge in [0.1, 0.15) is 17.8 Å². The number of hydrogen-bond acceptors (Lipinski definition) is 14. The van der Waals surface area contributed by atoms with Gasteiger partial charge in [0.15, 0.2) is 10.8 Å². The van der Waals surface area contributed by atoms with E-state index in [2.05, 4.69) is 31.0 Å². The fourth-order valence-electron chi connectivity index (χ4n) is 3.83. The van der Waals surface area contributed by atoms with Crippen molar-refractivity contribution < 1.29 is 37.3 Å². The molecule has 1 aliphatic heterocycles. The molecule has 218 valence electrons. The number of thiazole rings is 1. The summed E-state index contributed by atoms with van der Waals surface area (Å²) in [6.07, 6.45) is 2.55. The maximum atomic E-state index is 13.2. The van der Waals surface area contributed by atoms with E-state index in [0.29, 0.717) is 18.8 Å². The number of carboxylic acids is 1. The first-order valence-electron chi connectivity index (χ1n) is 12.0. The number of hydrogen-bond donors (Lipinski definition) is 6. The number of anilines is 1. The molecule has 0 aromatic carbocycles. The Bertz CT molecular complexity index is 1420. The Morgan fingerprint density at radius 2 is 2.12 bits per heavy atom. The molecule has 1 unspecified atom stereocenters. The quantitative estimate of drug-likeness (QED) is 0.0444.